The van der Waals surface area contributed by atoms with Crippen LogP contribution in [0.3, 0.4) is 0 Å². The average Bonchev–Trinajstić information content (AvgIpc) is 3.16. The molecular weight excluding hydrogens is 406 g/mol. The first-order valence-corrected chi connectivity index (χ1v) is 10.3. The molecule has 5 N–H and O–H groups in total. The number of carboxylic acids is 2. The molecule has 1 aromatic carbocycles. The number of anilines is 1. The van der Waals surface area contributed by atoms with Gasteiger partial charge < -0.3 is 20.6 Å². The third-order valence-electron chi connectivity index (χ3n) is 4.34. The molecular formula is C21H25N3O5S. The van der Waals surface area contributed by atoms with E-state index in [1.165, 1.54) is 11.1 Å². The molecule has 0 fully saturated rings. The van der Waals surface area contributed by atoms with Crippen molar-refractivity contribution in [2.45, 2.75) is 19.4 Å². The van der Waals surface area contributed by atoms with Gasteiger partial charge in [0.1, 0.15) is 5.84 Å². The molecule has 2 aromatic rings. The van der Waals surface area contributed by atoms with Gasteiger partial charge in [-0.1, -0.05) is 12.1 Å². The van der Waals surface area contributed by atoms with E-state index in [9.17, 15) is 9.59 Å². The molecule has 1 aromatic heterocycles. The minimum absolute atomic E-state index is 0.205. The van der Waals surface area contributed by atoms with Crippen molar-refractivity contribution in [2.24, 2.45) is 0 Å². The summed E-state index contributed by atoms with van der Waals surface area (Å²) in [4.78, 5) is 22.3. The first kappa shape index (κ1) is 23.3. The van der Waals surface area contributed by atoms with Gasteiger partial charge in [0.05, 0.1) is 11.5 Å². The van der Waals surface area contributed by atoms with Crippen molar-refractivity contribution < 1.29 is 24.9 Å². The second-order valence-electron chi connectivity index (χ2n) is 6.57. The van der Waals surface area contributed by atoms with Crippen LogP contribution in [0.1, 0.15) is 22.4 Å². The van der Waals surface area contributed by atoms with Gasteiger partial charge in [0.15, 0.2) is 0 Å². The Kier molecular flexibility index (Phi) is 9.20. The third-order valence-corrected chi connectivity index (χ3v) is 5.23. The number of rotatable bonds is 6. The molecule has 3 rings (SSSR count). The third kappa shape index (κ3) is 7.78. The molecule has 0 bridgehead atoms. The van der Waals surface area contributed by atoms with Gasteiger partial charge in [-0.25, -0.2) is 9.59 Å². The number of fused-ring (bicyclic) bond motifs is 1. The zero-order valence-corrected chi connectivity index (χ0v) is 17.2. The predicted molar refractivity (Wildman–Crippen MR) is 116 cm³/mol. The topological polar surface area (TPSA) is 134 Å². The highest BCUT2D eigenvalue weighted by Crippen LogP contribution is 2.23. The summed E-state index contributed by atoms with van der Waals surface area (Å²) in [5, 5.41) is 38.1. The summed E-state index contributed by atoms with van der Waals surface area (Å²) in [6.45, 7) is 2.83. The number of aliphatic hydroxyl groups excluding tert-OH is 1. The van der Waals surface area contributed by atoms with Gasteiger partial charge in [-0.2, -0.15) is 0 Å². The number of hydrogen-bond acceptors (Lipinski definition) is 6. The van der Waals surface area contributed by atoms with Crippen molar-refractivity contribution in [3.8, 4) is 0 Å². The van der Waals surface area contributed by atoms with Crippen molar-refractivity contribution in [3.05, 3.63) is 63.9 Å². The number of thiophene rings is 1. The SMILES string of the molecule is N=C(Nc1ccc2c(c1)CN(CCO)CCC2)c1cccs1.O=C(O)/C=C/C(=O)O. The van der Waals surface area contributed by atoms with Gasteiger partial charge in [-0.05, 0) is 54.1 Å². The lowest BCUT2D eigenvalue weighted by Gasteiger charge is -2.19. The predicted octanol–water partition coefficient (Wildman–Crippen LogP) is 2.64. The van der Waals surface area contributed by atoms with Crippen LogP contribution < -0.4 is 5.32 Å². The van der Waals surface area contributed by atoms with Crippen molar-refractivity contribution >= 4 is 34.8 Å². The molecule has 9 heteroatoms. The summed E-state index contributed by atoms with van der Waals surface area (Å²) in [6, 6.07) is 10.3. The Morgan fingerprint density at radius 3 is 2.50 bits per heavy atom. The number of aryl methyl sites for hydroxylation is 1. The molecule has 1 aliphatic heterocycles. The monoisotopic (exact) mass is 431 g/mol. The highest BCUT2D eigenvalue weighted by molar-refractivity contribution is 7.12. The number of amidine groups is 1. The van der Waals surface area contributed by atoms with Crippen LogP contribution in [-0.2, 0) is 22.6 Å². The second kappa shape index (κ2) is 11.9. The van der Waals surface area contributed by atoms with E-state index in [4.69, 9.17) is 20.7 Å². The van der Waals surface area contributed by atoms with Crippen LogP contribution >= 0.6 is 11.3 Å². The molecule has 0 spiro atoms. The summed E-state index contributed by atoms with van der Waals surface area (Å²) in [5.41, 5.74) is 3.64. The number of β-amino-alcohol motifs (C(OH)–C–C–N with tert-alkyl or cyclic N) is 1. The van der Waals surface area contributed by atoms with Crippen LogP contribution in [0.4, 0.5) is 5.69 Å². The fraction of sp³-hybridized carbons (Fsp3) is 0.286. The van der Waals surface area contributed by atoms with Crippen LogP contribution in [0.25, 0.3) is 0 Å². The van der Waals surface area contributed by atoms with Gasteiger partial charge in [-0.3, -0.25) is 10.3 Å². The lowest BCUT2D eigenvalue weighted by atomic mass is 10.0. The molecule has 8 nitrogen and oxygen atoms in total. The molecule has 1 aliphatic rings. The summed E-state index contributed by atoms with van der Waals surface area (Å²) < 4.78 is 0. The Hall–Kier alpha value is -3.01. The van der Waals surface area contributed by atoms with E-state index >= 15 is 0 Å². The maximum absolute atomic E-state index is 9.55. The van der Waals surface area contributed by atoms with Crippen LogP contribution in [-0.4, -0.2) is 57.7 Å². The molecule has 0 saturated heterocycles. The molecule has 2 heterocycles. The van der Waals surface area contributed by atoms with E-state index in [1.807, 2.05) is 17.5 Å². The number of nitrogens with one attached hydrogen (secondary N) is 2. The zero-order valence-electron chi connectivity index (χ0n) is 16.4. The van der Waals surface area contributed by atoms with Gasteiger partial charge in [-0.15, -0.1) is 11.3 Å². The van der Waals surface area contributed by atoms with Crippen LogP contribution in [0.15, 0.2) is 47.9 Å². The molecule has 0 radical (unpaired) electrons. The summed E-state index contributed by atoms with van der Waals surface area (Å²) in [5.74, 6) is -2.07. The van der Waals surface area contributed by atoms with Crippen LogP contribution in [0.2, 0.25) is 0 Å². The lowest BCUT2D eigenvalue weighted by molar-refractivity contribution is -0.134. The van der Waals surface area contributed by atoms with E-state index in [0.29, 0.717) is 18.0 Å². The average molecular weight is 432 g/mol. The number of aliphatic carboxylic acids is 2. The maximum Gasteiger partial charge on any atom is 0.328 e. The Morgan fingerprint density at radius 1 is 1.17 bits per heavy atom. The Balaban J connectivity index is 0.000000343. The van der Waals surface area contributed by atoms with Gasteiger partial charge >= 0.3 is 11.9 Å². The summed E-state index contributed by atoms with van der Waals surface area (Å²) in [7, 11) is 0. The molecule has 0 aliphatic carbocycles. The van der Waals surface area contributed by atoms with E-state index < -0.39 is 11.9 Å². The number of carboxylic acid groups (broad SMARTS) is 2. The highest BCUT2D eigenvalue weighted by Gasteiger charge is 2.14. The molecule has 0 unspecified atom stereocenters. The smallest absolute Gasteiger partial charge is 0.328 e. The van der Waals surface area contributed by atoms with Gasteiger partial charge in [0.25, 0.3) is 0 Å². The van der Waals surface area contributed by atoms with E-state index in [0.717, 1.165) is 43.0 Å². The number of benzene rings is 1. The Morgan fingerprint density at radius 2 is 1.90 bits per heavy atom. The Labute approximate surface area is 178 Å². The summed E-state index contributed by atoms with van der Waals surface area (Å²) >= 11 is 1.57. The molecule has 0 atom stereocenters. The normalized spacial score (nSPS) is 13.6. The number of aliphatic hydroxyl groups is 1. The second-order valence-corrected chi connectivity index (χ2v) is 7.52. The van der Waals surface area contributed by atoms with Crippen molar-refractivity contribution in [1.29, 1.82) is 5.41 Å². The molecule has 160 valence electrons. The van der Waals surface area contributed by atoms with Crippen molar-refractivity contribution in [3.63, 3.8) is 0 Å². The first-order chi connectivity index (χ1) is 14.4. The van der Waals surface area contributed by atoms with Crippen LogP contribution in [0.5, 0.6) is 0 Å². The van der Waals surface area contributed by atoms with E-state index in [2.05, 4.69) is 28.4 Å². The quantitative estimate of drug-likeness (QED) is 0.270. The van der Waals surface area contributed by atoms with Gasteiger partial charge in [0, 0.05) is 30.9 Å². The first-order valence-electron chi connectivity index (χ1n) is 9.37. The summed E-state index contributed by atoms with van der Waals surface area (Å²) in [6.07, 6.45) is 3.33. The fourth-order valence-electron chi connectivity index (χ4n) is 3.01. The van der Waals surface area contributed by atoms with E-state index in [1.54, 1.807) is 11.3 Å². The molecule has 30 heavy (non-hydrogen) atoms. The van der Waals surface area contributed by atoms with Gasteiger partial charge in [0.2, 0.25) is 0 Å². The van der Waals surface area contributed by atoms with Crippen molar-refractivity contribution in [1.82, 2.24) is 4.90 Å². The maximum atomic E-state index is 9.55. The minimum Gasteiger partial charge on any atom is -0.478 e. The number of hydrogen-bond donors (Lipinski definition) is 5. The lowest BCUT2D eigenvalue weighted by Crippen LogP contribution is -2.26. The highest BCUT2D eigenvalue weighted by atomic mass is 32.1. The largest absolute Gasteiger partial charge is 0.478 e. The minimum atomic E-state index is -1.26. The fourth-order valence-corrected chi connectivity index (χ4v) is 3.64. The molecule has 0 amide bonds. The Bertz CT molecular complexity index is 880. The van der Waals surface area contributed by atoms with Crippen molar-refractivity contribution in [2.75, 3.05) is 25.0 Å². The molecule has 0 saturated carbocycles. The zero-order chi connectivity index (χ0) is 21.9. The van der Waals surface area contributed by atoms with Crippen LogP contribution in [0, 0.1) is 5.41 Å². The standard InChI is InChI=1S/C17H21N3OS.C4H4O4/c18-17(16-4-2-10-22-16)19-15-6-5-13-3-1-7-20(8-9-21)12-14(13)11-15;5-3(6)1-2-4(7)8/h2,4-6,10-11,21H,1,3,7-9,12H2,(H2,18,19);1-2H,(H,5,6)(H,7,8)/b;2-1+. The number of carbonyl (C=O) groups is 2. The van der Waals surface area contributed by atoms with E-state index in [-0.39, 0.29) is 6.61 Å². The number of nitrogens with zero attached hydrogens (tertiary/aromatic N) is 1.